The molecule has 0 aromatic carbocycles. The third-order valence-corrected chi connectivity index (χ3v) is 1.98. The Labute approximate surface area is 94.0 Å². The highest BCUT2D eigenvalue weighted by Gasteiger charge is 2.15. The summed E-state index contributed by atoms with van der Waals surface area (Å²) in [7, 11) is 1.25. The topological polar surface area (TPSA) is 92.7 Å². The monoisotopic (exact) mass is 231 g/mol. The van der Waals surface area contributed by atoms with Crippen molar-refractivity contribution in [2.24, 2.45) is 0 Å². The van der Waals surface area contributed by atoms with E-state index in [2.05, 4.69) is 10.1 Å². The molecule has 0 aromatic heterocycles. The zero-order chi connectivity index (χ0) is 12.6. The number of hydrogen-bond donors (Lipinski definition) is 2. The largest absolute Gasteiger partial charge is 0.481 e. The fourth-order valence-corrected chi connectivity index (χ4v) is 1.11. The molecule has 0 aliphatic heterocycles. The van der Waals surface area contributed by atoms with Crippen molar-refractivity contribution in [3.63, 3.8) is 0 Å². The van der Waals surface area contributed by atoms with Crippen LogP contribution in [0.3, 0.4) is 0 Å². The first-order valence-corrected chi connectivity index (χ1v) is 5.06. The molecule has 92 valence electrons. The lowest BCUT2D eigenvalue weighted by Crippen LogP contribution is -2.39. The zero-order valence-electron chi connectivity index (χ0n) is 9.49. The number of methoxy groups -OCH3 is 1. The second-order valence-electron chi connectivity index (χ2n) is 3.41. The number of carboxylic acid groups (broad SMARTS) is 1. The number of hydrogen-bond acceptors (Lipinski definition) is 4. The normalized spacial score (nSPS) is 11.6. The summed E-state index contributed by atoms with van der Waals surface area (Å²) in [4.78, 5) is 32.4. The van der Waals surface area contributed by atoms with Crippen LogP contribution >= 0.6 is 0 Å². The van der Waals surface area contributed by atoms with Gasteiger partial charge in [-0.05, 0) is 19.8 Å². The Balaban J connectivity index is 3.66. The van der Waals surface area contributed by atoms with Crippen LogP contribution in [-0.2, 0) is 19.1 Å². The predicted octanol–water partition coefficient (Wildman–Crippen LogP) is 0.309. The number of unbranched alkanes of at least 4 members (excludes halogenated alkanes) is 1. The molecule has 1 atom stereocenters. The molecule has 0 heterocycles. The number of esters is 1. The van der Waals surface area contributed by atoms with E-state index in [1.165, 1.54) is 14.0 Å². The third kappa shape index (κ3) is 6.80. The Morgan fingerprint density at radius 2 is 1.81 bits per heavy atom. The summed E-state index contributed by atoms with van der Waals surface area (Å²) in [5.41, 5.74) is 0. The molecule has 0 aliphatic rings. The number of nitrogens with one attached hydrogen (secondary N) is 1. The SMILES string of the molecule is COC(=O)C(C)NC(=O)CCCCC(=O)O. The van der Waals surface area contributed by atoms with E-state index in [0.29, 0.717) is 12.8 Å². The van der Waals surface area contributed by atoms with Crippen molar-refractivity contribution in [1.29, 1.82) is 0 Å². The van der Waals surface area contributed by atoms with E-state index < -0.39 is 18.0 Å². The number of aliphatic carboxylic acids is 1. The molecule has 1 amide bonds. The minimum Gasteiger partial charge on any atom is -0.481 e. The van der Waals surface area contributed by atoms with Gasteiger partial charge in [0.05, 0.1) is 7.11 Å². The van der Waals surface area contributed by atoms with Crippen molar-refractivity contribution in [2.75, 3.05) is 7.11 Å². The quantitative estimate of drug-likeness (QED) is 0.486. The standard InChI is InChI=1S/C10H17NO5/c1-7(10(15)16-2)11-8(12)5-3-4-6-9(13)14/h7H,3-6H2,1-2H3,(H,11,12)(H,13,14). The summed E-state index contributed by atoms with van der Waals surface area (Å²) >= 11 is 0. The van der Waals surface area contributed by atoms with E-state index in [4.69, 9.17) is 5.11 Å². The molecule has 6 nitrogen and oxygen atoms in total. The average Bonchev–Trinajstić information content (AvgIpc) is 2.22. The molecule has 0 fully saturated rings. The lowest BCUT2D eigenvalue weighted by molar-refractivity contribution is -0.144. The molecule has 2 N–H and O–H groups in total. The van der Waals surface area contributed by atoms with Crippen molar-refractivity contribution in [1.82, 2.24) is 5.32 Å². The zero-order valence-corrected chi connectivity index (χ0v) is 9.49. The summed E-state index contributed by atoms with van der Waals surface area (Å²) in [6.07, 6.45) is 1.22. The van der Waals surface area contributed by atoms with Crippen LogP contribution in [-0.4, -0.2) is 36.1 Å². The lowest BCUT2D eigenvalue weighted by Gasteiger charge is -2.10. The number of carbonyl (C=O) groups is 3. The maximum absolute atomic E-state index is 11.3. The van der Waals surface area contributed by atoms with Gasteiger partial charge in [0.2, 0.25) is 5.91 Å². The van der Waals surface area contributed by atoms with Gasteiger partial charge in [-0.15, -0.1) is 0 Å². The number of rotatable bonds is 7. The molecule has 0 radical (unpaired) electrons. The van der Waals surface area contributed by atoms with Crippen molar-refractivity contribution in [3.8, 4) is 0 Å². The number of carboxylic acids is 1. The smallest absolute Gasteiger partial charge is 0.328 e. The van der Waals surface area contributed by atoms with Gasteiger partial charge in [-0.3, -0.25) is 9.59 Å². The fraction of sp³-hybridized carbons (Fsp3) is 0.700. The van der Waals surface area contributed by atoms with E-state index in [-0.39, 0.29) is 18.7 Å². The number of amides is 1. The van der Waals surface area contributed by atoms with Crippen molar-refractivity contribution in [2.45, 2.75) is 38.6 Å². The number of carbonyl (C=O) groups excluding carboxylic acids is 2. The molecule has 0 spiro atoms. The molecule has 16 heavy (non-hydrogen) atoms. The second kappa shape index (κ2) is 7.67. The molecule has 0 bridgehead atoms. The minimum absolute atomic E-state index is 0.0554. The summed E-state index contributed by atoms with van der Waals surface area (Å²) < 4.78 is 4.44. The predicted molar refractivity (Wildman–Crippen MR) is 55.7 cm³/mol. The maximum atomic E-state index is 11.3. The second-order valence-corrected chi connectivity index (χ2v) is 3.41. The van der Waals surface area contributed by atoms with Gasteiger partial charge < -0.3 is 15.2 Å². The number of ether oxygens (including phenoxy) is 1. The van der Waals surface area contributed by atoms with Gasteiger partial charge in [0, 0.05) is 12.8 Å². The van der Waals surface area contributed by atoms with E-state index in [1.807, 2.05) is 0 Å². The third-order valence-electron chi connectivity index (χ3n) is 1.98. The lowest BCUT2D eigenvalue weighted by atomic mass is 10.2. The van der Waals surface area contributed by atoms with Crippen LogP contribution in [0.15, 0.2) is 0 Å². The molecule has 0 aliphatic carbocycles. The van der Waals surface area contributed by atoms with Crippen LogP contribution in [0.1, 0.15) is 32.6 Å². The van der Waals surface area contributed by atoms with Crippen LogP contribution in [0, 0.1) is 0 Å². The van der Waals surface area contributed by atoms with Crippen molar-refractivity contribution >= 4 is 17.8 Å². The Kier molecular flexibility index (Phi) is 6.91. The molecule has 0 aromatic rings. The van der Waals surface area contributed by atoms with Gasteiger partial charge in [0.1, 0.15) is 6.04 Å². The van der Waals surface area contributed by atoms with Gasteiger partial charge >= 0.3 is 11.9 Å². The first-order chi connectivity index (χ1) is 7.47. The molecular weight excluding hydrogens is 214 g/mol. The van der Waals surface area contributed by atoms with E-state index in [9.17, 15) is 14.4 Å². The fourth-order valence-electron chi connectivity index (χ4n) is 1.11. The van der Waals surface area contributed by atoms with E-state index >= 15 is 0 Å². The minimum atomic E-state index is -0.872. The van der Waals surface area contributed by atoms with Crippen LogP contribution in [0.4, 0.5) is 0 Å². The van der Waals surface area contributed by atoms with Gasteiger partial charge in [0.15, 0.2) is 0 Å². The van der Waals surface area contributed by atoms with Crippen molar-refractivity contribution < 1.29 is 24.2 Å². The first kappa shape index (κ1) is 14.4. The van der Waals surface area contributed by atoms with Crippen molar-refractivity contribution in [3.05, 3.63) is 0 Å². The highest BCUT2D eigenvalue weighted by molar-refractivity contribution is 5.84. The van der Waals surface area contributed by atoms with Gasteiger partial charge in [-0.25, -0.2) is 4.79 Å². The van der Waals surface area contributed by atoms with Gasteiger partial charge in [0.25, 0.3) is 0 Å². The summed E-state index contributed by atoms with van der Waals surface area (Å²) in [5, 5.41) is 10.8. The van der Waals surface area contributed by atoms with Crippen LogP contribution in [0.5, 0.6) is 0 Å². The average molecular weight is 231 g/mol. The molecule has 0 saturated carbocycles. The highest BCUT2D eigenvalue weighted by atomic mass is 16.5. The summed E-state index contributed by atoms with van der Waals surface area (Å²) in [5.74, 6) is -1.65. The van der Waals surface area contributed by atoms with Crippen LogP contribution < -0.4 is 5.32 Å². The molecular formula is C10H17NO5. The molecule has 6 heteroatoms. The summed E-state index contributed by atoms with van der Waals surface area (Å²) in [6, 6.07) is -0.669. The van der Waals surface area contributed by atoms with Gasteiger partial charge in [-0.2, -0.15) is 0 Å². The molecule has 1 unspecified atom stereocenters. The Bertz CT molecular complexity index is 264. The maximum Gasteiger partial charge on any atom is 0.328 e. The summed E-state index contributed by atoms with van der Waals surface area (Å²) in [6.45, 7) is 1.53. The van der Waals surface area contributed by atoms with Gasteiger partial charge in [-0.1, -0.05) is 0 Å². The highest BCUT2D eigenvalue weighted by Crippen LogP contribution is 2.00. The van der Waals surface area contributed by atoms with E-state index in [1.54, 1.807) is 0 Å². The Morgan fingerprint density at radius 3 is 2.31 bits per heavy atom. The van der Waals surface area contributed by atoms with Crippen LogP contribution in [0.25, 0.3) is 0 Å². The van der Waals surface area contributed by atoms with Crippen LogP contribution in [0.2, 0.25) is 0 Å². The Hall–Kier alpha value is -1.59. The first-order valence-electron chi connectivity index (χ1n) is 5.06. The van der Waals surface area contributed by atoms with E-state index in [0.717, 1.165) is 0 Å². The Morgan fingerprint density at radius 1 is 1.25 bits per heavy atom. The molecule has 0 saturated heterocycles. The molecule has 0 rings (SSSR count).